The number of benzene rings is 1. The SMILES string of the molecule is CC(C)CCC(CCNCC=Cc1ccccc1)c1ccco1. The molecule has 1 aromatic carbocycles. The van der Waals surface area contributed by atoms with Crippen LogP contribution in [0.25, 0.3) is 6.08 Å². The molecule has 0 aliphatic carbocycles. The minimum atomic E-state index is 0.526. The average molecular weight is 311 g/mol. The highest BCUT2D eigenvalue weighted by molar-refractivity contribution is 5.48. The van der Waals surface area contributed by atoms with Crippen molar-refractivity contribution in [3.05, 3.63) is 66.1 Å². The van der Waals surface area contributed by atoms with Crippen LogP contribution in [0.1, 0.15) is 50.4 Å². The molecular formula is C21H29NO. The van der Waals surface area contributed by atoms with Gasteiger partial charge in [0.05, 0.1) is 6.26 Å². The molecule has 0 saturated carbocycles. The summed E-state index contributed by atoms with van der Waals surface area (Å²) in [5, 5.41) is 3.51. The Morgan fingerprint density at radius 2 is 1.83 bits per heavy atom. The Bertz CT molecular complexity index is 542. The van der Waals surface area contributed by atoms with Gasteiger partial charge in [-0.3, -0.25) is 0 Å². The zero-order valence-corrected chi connectivity index (χ0v) is 14.4. The molecule has 0 bridgehead atoms. The van der Waals surface area contributed by atoms with Crippen LogP contribution in [0.5, 0.6) is 0 Å². The Labute approximate surface area is 140 Å². The van der Waals surface area contributed by atoms with E-state index >= 15 is 0 Å². The van der Waals surface area contributed by atoms with E-state index in [0.29, 0.717) is 5.92 Å². The molecule has 0 spiro atoms. The van der Waals surface area contributed by atoms with Crippen molar-refractivity contribution in [1.82, 2.24) is 5.32 Å². The maximum Gasteiger partial charge on any atom is 0.106 e. The Hall–Kier alpha value is -1.80. The van der Waals surface area contributed by atoms with Gasteiger partial charge in [-0.05, 0) is 43.0 Å². The third kappa shape index (κ3) is 6.87. The summed E-state index contributed by atoms with van der Waals surface area (Å²) in [7, 11) is 0. The molecule has 0 radical (unpaired) electrons. The van der Waals surface area contributed by atoms with Crippen molar-refractivity contribution >= 4 is 6.08 Å². The van der Waals surface area contributed by atoms with Crippen LogP contribution in [0.3, 0.4) is 0 Å². The van der Waals surface area contributed by atoms with Crippen LogP contribution in [0, 0.1) is 5.92 Å². The maximum atomic E-state index is 5.62. The molecule has 2 aromatic rings. The van der Waals surface area contributed by atoms with Crippen LogP contribution in [0.4, 0.5) is 0 Å². The first-order valence-corrected chi connectivity index (χ1v) is 8.71. The summed E-state index contributed by atoms with van der Waals surface area (Å²) in [6.07, 6.45) is 9.71. The second kappa shape index (κ2) is 10.1. The van der Waals surface area contributed by atoms with Crippen molar-refractivity contribution in [2.45, 2.75) is 39.0 Å². The Morgan fingerprint density at radius 3 is 2.52 bits per heavy atom. The number of hydrogen-bond donors (Lipinski definition) is 1. The highest BCUT2D eigenvalue weighted by Crippen LogP contribution is 2.26. The smallest absolute Gasteiger partial charge is 0.106 e. The molecule has 2 rings (SSSR count). The van der Waals surface area contributed by atoms with E-state index < -0.39 is 0 Å². The molecule has 1 atom stereocenters. The van der Waals surface area contributed by atoms with Gasteiger partial charge >= 0.3 is 0 Å². The van der Waals surface area contributed by atoms with Gasteiger partial charge in [0.15, 0.2) is 0 Å². The highest BCUT2D eigenvalue weighted by atomic mass is 16.3. The predicted molar refractivity (Wildman–Crippen MR) is 98.5 cm³/mol. The van der Waals surface area contributed by atoms with E-state index in [0.717, 1.165) is 31.2 Å². The van der Waals surface area contributed by atoms with Crippen molar-refractivity contribution in [3.8, 4) is 0 Å². The fourth-order valence-corrected chi connectivity index (χ4v) is 2.71. The summed E-state index contributed by atoms with van der Waals surface area (Å²) in [5.74, 6) is 2.40. The zero-order valence-electron chi connectivity index (χ0n) is 14.4. The van der Waals surface area contributed by atoms with Gasteiger partial charge in [-0.2, -0.15) is 0 Å². The normalized spacial score (nSPS) is 13.0. The lowest BCUT2D eigenvalue weighted by atomic mass is 9.93. The monoisotopic (exact) mass is 311 g/mol. The van der Waals surface area contributed by atoms with Gasteiger partial charge in [-0.25, -0.2) is 0 Å². The molecule has 124 valence electrons. The molecule has 1 unspecified atom stereocenters. The lowest BCUT2D eigenvalue weighted by molar-refractivity contribution is 0.399. The molecule has 0 amide bonds. The van der Waals surface area contributed by atoms with Gasteiger partial charge in [-0.1, -0.05) is 62.8 Å². The lowest BCUT2D eigenvalue weighted by Gasteiger charge is -2.16. The van der Waals surface area contributed by atoms with Crippen molar-refractivity contribution in [3.63, 3.8) is 0 Å². The third-order valence-corrected chi connectivity index (χ3v) is 4.08. The summed E-state index contributed by atoms with van der Waals surface area (Å²) >= 11 is 0. The zero-order chi connectivity index (χ0) is 16.3. The summed E-state index contributed by atoms with van der Waals surface area (Å²) < 4.78 is 5.62. The van der Waals surface area contributed by atoms with E-state index in [-0.39, 0.29) is 0 Å². The molecule has 0 aliphatic heterocycles. The number of rotatable bonds is 10. The van der Waals surface area contributed by atoms with Crippen molar-refractivity contribution in [1.29, 1.82) is 0 Å². The second-order valence-electron chi connectivity index (χ2n) is 6.49. The average Bonchev–Trinajstić information content (AvgIpc) is 3.08. The van der Waals surface area contributed by atoms with E-state index in [4.69, 9.17) is 4.42 Å². The van der Waals surface area contributed by atoms with Gasteiger partial charge in [0.25, 0.3) is 0 Å². The number of hydrogen-bond acceptors (Lipinski definition) is 2. The second-order valence-corrected chi connectivity index (χ2v) is 6.49. The van der Waals surface area contributed by atoms with Gasteiger partial charge in [-0.15, -0.1) is 0 Å². The van der Waals surface area contributed by atoms with Crippen LogP contribution in [0.15, 0.2) is 59.2 Å². The van der Waals surface area contributed by atoms with Gasteiger partial charge in [0.2, 0.25) is 0 Å². The van der Waals surface area contributed by atoms with E-state index in [9.17, 15) is 0 Å². The van der Waals surface area contributed by atoms with Crippen LogP contribution in [0.2, 0.25) is 0 Å². The standard InChI is InChI=1S/C21H29NO/c1-18(2)12-13-20(21-11-7-17-23-21)14-16-22-15-6-10-19-8-4-3-5-9-19/h3-11,17-18,20,22H,12-16H2,1-2H3. The molecule has 23 heavy (non-hydrogen) atoms. The van der Waals surface area contributed by atoms with Gasteiger partial charge < -0.3 is 9.73 Å². The van der Waals surface area contributed by atoms with Crippen LogP contribution in [-0.2, 0) is 0 Å². The third-order valence-electron chi connectivity index (χ3n) is 4.08. The fraction of sp³-hybridized carbons (Fsp3) is 0.429. The Balaban J connectivity index is 1.70. The highest BCUT2D eigenvalue weighted by Gasteiger charge is 2.14. The number of furan rings is 1. The van der Waals surface area contributed by atoms with Crippen molar-refractivity contribution in [2.24, 2.45) is 5.92 Å². The Morgan fingerprint density at radius 1 is 1.00 bits per heavy atom. The summed E-state index contributed by atoms with van der Waals surface area (Å²) in [5.41, 5.74) is 1.25. The van der Waals surface area contributed by atoms with E-state index in [1.807, 2.05) is 12.1 Å². The quantitative estimate of drug-likeness (QED) is 0.587. The molecular weight excluding hydrogens is 282 g/mol. The minimum absolute atomic E-state index is 0.526. The predicted octanol–water partition coefficient (Wildman–Crippen LogP) is 5.49. The van der Waals surface area contributed by atoms with Gasteiger partial charge in [0, 0.05) is 12.5 Å². The van der Waals surface area contributed by atoms with Crippen LogP contribution in [-0.4, -0.2) is 13.1 Å². The van der Waals surface area contributed by atoms with Crippen LogP contribution < -0.4 is 5.32 Å². The van der Waals surface area contributed by atoms with Crippen molar-refractivity contribution < 1.29 is 4.42 Å². The van der Waals surface area contributed by atoms with Gasteiger partial charge in [0.1, 0.15) is 5.76 Å². The molecule has 1 N–H and O–H groups in total. The van der Waals surface area contributed by atoms with E-state index in [1.165, 1.54) is 18.4 Å². The summed E-state index contributed by atoms with van der Waals surface area (Å²) in [4.78, 5) is 0. The minimum Gasteiger partial charge on any atom is -0.469 e. The molecule has 0 saturated heterocycles. The van der Waals surface area contributed by atoms with Crippen molar-refractivity contribution in [2.75, 3.05) is 13.1 Å². The molecule has 1 aromatic heterocycles. The van der Waals surface area contributed by atoms with E-state index in [2.05, 4.69) is 61.6 Å². The molecule has 2 heteroatoms. The molecule has 1 heterocycles. The Kier molecular flexibility index (Phi) is 7.68. The van der Waals surface area contributed by atoms with E-state index in [1.54, 1.807) is 6.26 Å². The maximum absolute atomic E-state index is 5.62. The lowest BCUT2D eigenvalue weighted by Crippen LogP contribution is -2.17. The molecule has 0 aliphatic rings. The summed E-state index contributed by atoms with van der Waals surface area (Å²) in [6, 6.07) is 14.5. The first-order chi connectivity index (χ1) is 11.3. The summed E-state index contributed by atoms with van der Waals surface area (Å²) in [6.45, 7) is 6.49. The van der Waals surface area contributed by atoms with Crippen LogP contribution >= 0.6 is 0 Å². The topological polar surface area (TPSA) is 25.2 Å². The first-order valence-electron chi connectivity index (χ1n) is 8.71. The largest absolute Gasteiger partial charge is 0.469 e. The molecule has 0 fully saturated rings. The molecule has 2 nitrogen and oxygen atoms in total. The fourth-order valence-electron chi connectivity index (χ4n) is 2.71. The number of nitrogens with one attached hydrogen (secondary N) is 1. The first kappa shape index (κ1) is 17.6.